The van der Waals surface area contributed by atoms with E-state index in [1.54, 1.807) is 13.2 Å². The van der Waals surface area contributed by atoms with Gasteiger partial charge in [0, 0.05) is 23.9 Å². The maximum Gasteiger partial charge on any atom is 0.291 e. The molecule has 0 saturated heterocycles. The molecule has 0 spiro atoms. The predicted octanol–water partition coefficient (Wildman–Crippen LogP) is 4.26. The molecule has 0 aliphatic rings. The van der Waals surface area contributed by atoms with Crippen molar-refractivity contribution in [3.63, 3.8) is 0 Å². The lowest BCUT2D eigenvalue weighted by atomic mass is 10.1. The number of para-hydroxylation sites is 2. The average molecular weight is 337 g/mol. The summed E-state index contributed by atoms with van der Waals surface area (Å²) in [6.07, 6.45) is 1.49. The zero-order valence-electron chi connectivity index (χ0n) is 13.9. The van der Waals surface area contributed by atoms with Gasteiger partial charge in [-0.1, -0.05) is 36.4 Å². The molecule has 2 aromatic carbocycles. The molecule has 0 radical (unpaired) electrons. The van der Waals surface area contributed by atoms with E-state index in [-0.39, 0.29) is 18.3 Å². The molecule has 128 valence electrons. The number of carbonyl (C=O) groups is 1. The first-order valence-electron chi connectivity index (χ1n) is 7.90. The quantitative estimate of drug-likeness (QED) is 0.700. The molecule has 0 atom stereocenters. The molecule has 5 nitrogen and oxygen atoms in total. The summed E-state index contributed by atoms with van der Waals surface area (Å²) in [5, 5.41) is 2.87. The zero-order chi connectivity index (χ0) is 17.5. The molecule has 0 bridgehead atoms. The Morgan fingerprint density at radius 3 is 2.52 bits per heavy atom. The second-order valence-corrected chi connectivity index (χ2v) is 5.42. The van der Waals surface area contributed by atoms with Crippen LogP contribution >= 0.6 is 0 Å². The number of ether oxygens (including phenoxy) is 2. The highest BCUT2D eigenvalue weighted by Gasteiger charge is 2.17. The molecule has 0 aliphatic carbocycles. The number of hydrogen-bond acceptors (Lipinski definition) is 4. The van der Waals surface area contributed by atoms with Crippen LogP contribution in [0.5, 0.6) is 5.75 Å². The van der Waals surface area contributed by atoms with Crippen LogP contribution in [0.3, 0.4) is 0 Å². The Balaban J connectivity index is 1.70. The molecule has 5 heteroatoms. The van der Waals surface area contributed by atoms with Gasteiger partial charge in [-0.2, -0.15) is 0 Å². The molecule has 3 rings (SSSR count). The Kier molecular flexibility index (Phi) is 5.49. The number of hydrogen-bond donors (Lipinski definition) is 1. The standard InChI is InChI=1S/C20H19NO4/c1-23-13-15-7-5-6-10-18(15)21-20(22)19-16(11-12-24-19)14-25-17-8-3-2-4-9-17/h2-12H,13-14H2,1H3,(H,21,22). The lowest BCUT2D eigenvalue weighted by molar-refractivity contribution is 0.0993. The third-order valence-corrected chi connectivity index (χ3v) is 3.66. The van der Waals surface area contributed by atoms with E-state index in [1.807, 2.05) is 54.6 Å². The zero-order valence-corrected chi connectivity index (χ0v) is 13.9. The fourth-order valence-electron chi connectivity index (χ4n) is 2.43. The van der Waals surface area contributed by atoms with Crippen molar-refractivity contribution in [1.82, 2.24) is 0 Å². The SMILES string of the molecule is COCc1ccccc1NC(=O)c1occc1COc1ccccc1. The van der Waals surface area contributed by atoms with Gasteiger partial charge in [-0.15, -0.1) is 0 Å². The monoisotopic (exact) mass is 337 g/mol. The van der Waals surface area contributed by atoms with Crippen LogP contribution in [0.4, 0.5) is 5.69 Å². The lowest BCUT2D eigenvalue weighted by Gasteiger charge is -2.10. The highest BCUT2D eigenvalue weighted by molar-refractivity contribution is 6.03. The fraction of sp³-hybridized carbons (Fsp3) is 0.150. The molecule has 25 heavy (non-hydrogen) atoms. The number of nitrogens with one attached hydrogen (secondary N) is 1. The third kappa shape index (κ3) is 4.28. The van der Waals surface area contributed by atoms with Crippen LogP contribution in [0.2, 0.25) is 0 Å². The molecule has 0 fully saturated rings. The minimum atomic E-state index is -0.319. The molecule has 1 aromatic heterocycles. The van der Waals surface area contributed by atoms with E-state index in [9.17, 15) is 4.79 Å². The molecule has 1 heterocycles. The van der Waals surface area contributed by atoms with Crippen molar-refractivity contribution in [3.05, 3.63) is 83.8 Å². The van der Waals surface area contributed by atoms with Crippen LogP contribution in [0.1, 0.15) is 21.7 Å². The van der Waals surface area contributed by atoms with E-state index in [2.05, 4.69) is 5.32 Å². The van der Waals surface area contributed by atoms with Crippen LogP contribution < -0.4 is 10.1 Å². The third-order valence-electron chi connectivity index (χ3n) is 3.66. The van der Waals surface area contributed by atoms with Crippen LogP contribution in [0.25, 0.3) is 0 Å². The van der Waals surface area contributed by atoms with E-state index in [4.69, 9.17) is 13.9 Å². The van der Waals surface area contributed by atoms with Crippen LogP contribution in [-0.2, 0) is 18.0 Å². The Hall–Kier alpha value is -3.05. The Bertz CT molecular complexity index is 826. The molecule has 1 amide bonds. The molecule has 1 N–H and O–H groups in total. The molecular weight excluding hydrogens is 318 g/mol. The maximum absolute atomic E-state index is 12.6. The highest BCUT2D eigenvalue weighted by atomic mass is 16.5. The van der Waals surface area contributed by atoms with Crippen molar-refractivity contribution >= 4 is 11.6 Å². The first-order chi connectivity index (χ1) is 12.3. The van der Waals surface area contributed by atoms with E-state index in [1.165, 1.54) is 6.26 Å². The van der Waals surface area contributed by atoms with Crippen molar-refractivity contribution in [2.75, 3.05) is 12.4 Å². The molecule has 3 aromatic rings. The largest absolute Gasteiger partial charge is 0.489 e. The molecule has 0 unspecified atom stereocenters. The van der Waals surface area contributed by atoms with E-state index in [0.29, 0.717) is 17.9 Å². The summed E-state index contributed by atoms with van der Waals surface area (Å²) >= 11 is 0. The number of rotatable bonds is 7. The summed E-state index contributed by atoms with van der Waals surface area (Å²) in [5.41, 5.74) is 2.28. The first-order valence-corrected chi connectivity index (χ1v) is 7.90. The number of amides is 1. The van der Waals surface area contributed by atoms with E-state index >= 15 is 0 Å². The van der Waals surface area contributed by atoms with E-state index in [0.717, 1.165) is 11.3 Å². The van der Waals surface area contributed by atoms with Gasteiger partial charge in [0.2, 0.25) is 0 Å². The van der Waals surface area contributed by atoms with Gasteiger partial charge in [0.1, 0.15) is 12.4 Å². The Labute approximate surface area is 146 Å². The maximum atomic E-state index is 12.6. The molecule has 0 aliphatic heterocycles. The number of anilines is 1. The van der Waals surface area contributed by atoms with Gasteiger partial charge in [-0.3, -0.25) is 4.79 Å². The number of furan rings is 1. The minimum absolute atomic E-state index is 0.239. The van der Waals surface area contributed by atoms with Gasteiger partial charge < -0.3 is 19.2 Å². The van der Waals surface area contributed by atoms with Crippen molar-refractivity contribution < 1.29 is 18.7 Å². The summed E-state index contributed by atoms with van der Waals surface area (Å²) < 4.78 is 16.2. The normalized spacial score (nSPS) is 10.4. The summed E-state index contributed by atoms with van der Waals surface area (Å²) in [6.45, 7) is 0.668. The van der Waals surface area contributed by atoms with Gasteiger partial charge in [0.05, 0.1) is 12.9 Å². The van der Waals surface area contributed by atoms with Gasteiger partial charge in [-0.25, -0.2) is 0 Å². The number of methoxy groups -OCH3 is 1. The summed E-state index contributed by atoms with van der Waals surface area (Å²) in [5.74, 6) is 0.656. The molecule has 0 saturated carbocycles. The van der Waals surface area contributed by atoms with E-state index < -0.39 is 0 Å². The predicted molar refractivity (Wildman–Crippen MR) is 94.6 cm³/mol. The minimum Gasteiger partial charge on any atom is -0.489 e. The highest BCUT2D eigenvalue weighted by Crippen LogP contribution is 2.20. The second kappa shape index (κ2) is 8.17. The number of benzene rings is 2. The van der Waals surface area contributed by atoms with Gasteiger partial charge in [-0.05, 0) is 24.3 Å². The average Bonchev–Trinajstić information content (AvgIpc) is 3.11. The van der Waals surface area contributed by atoms with Gasteiger partial charge in [0.15, 0.2) is 5.76 Å². The van der Waals surface area contributed by atoms with Crippen molar-refractivity contribution in [2.24, 2.45) is 0 Å². The summed E-state index contributed by atoms with van der Waals surface area (Å²) in [4.78, 5) is 12.6. The van der Waals surface area contributed by atoms with Crippen molar-refractivity contribution in [2.45, 2.75) is 13.2 Å². The first kappa shape index (κ1) is 16.8. The lowest BCUT2D eigenvalue weighted by Crippen LogP contribution is -2.15. The number of carbonyl (C=O) groups excluding carboxylic acids is 1. The topological polar surface area (TPSA) is 60.7 Å². The van der Waals surface area contributed by atoms with Crippen LogP contribution in [0, 0.1) is 0 Å². The smallest absolute Gasteiger partial charge is 0.291 e. The van der Waals surface area contributed by atoms with Crippen LogP contribution in [-0.4, -0.2) is 13.0 Å². The van der Waals surface area contributed by atoms with Crippen molar-refractivity contribution in [3.8, 4) is 5.75 Å². The second-order valence-electron chi connectivity index (χ2n) is 5.42. The van der Waals surface area contributed by atoms with Crippen LogP contribution in [0.15, 0.2) is 71.3 Å². The summed E-state index contributed by atoms with van der Waals surface area (Å²) in [6, 6.07) is 18.7. The molecular formula is C20H19NO4. The van der Waals surface area contributed by atoms with Gasteiger partial charge in [0.25, 0.3) is 5.91 Å². The van der Waals surface area contributed by atoms with Crippen molar-refractivity contribution in [1.29, 1.82) is 0 Å². The summed E-state index contributed by atoms with van der Waals surface area (Å²) in [7, 11) is 1.62. The van der Waals surface area contributed by atoms with Gasteiger partial charge >= 0.3 is 0 Å². The Morgan fingerprint density at radius 1 is 0.960 bits per heavy atom. The Morgan fingerprint density at radius 2 is 1.72 bits per heavy atom. The fourth-order valence-corrected chi connectivity index (χ4v) is 2.43.